The molecule has 5 heteroatoms. The molecule has 1 aromatic carbocycles. The third-order valence-corrected chi connectivity index (χ3v) is 5.11. The van der Waals surface area contributed by atoms with Crippen LogP contribution < -0.4 is 5.32 Å². The number of nitrogens with one attached hydrogen (secondary N) is 1. The molecule has 0 atom stereocenters. The highest BCUT2D eigenvalue weighted by atomic mass is 79.9. The minimum Gasteiger partial charge on any atom is -0.313 e. The van der Waals surface area contributed by atoms with Crippen molar-refractivity contribution in [1.29, 1.82) is 0 Å². The first kappa shape index (κ1) is 15.7. The van der Waals surface area contributed by atoms with E-state index in [-0.39, 0.29) is 0 Å². The first-order valence-electron chi connectivity index (χ1n) is 6.75. The van der Waals surface area contributed by atoms with Crippen LogP contribution in [0.3, 0.4) is 0 Å². The lowest BCUT2D eigenvalue weighted by molar-refractivity contribution is 0.673. The zero-order valence-electron chi connectivity index (χ0n) is 12.0. The molecule has 0 fully saturated rings. The Morgan fingerprint density at radius 2 is 2.00 bits per heavy atom. The second kappa shape index (κ2) is 6.87. The van der Waals surface area contributed by atoms with Gasteiger partial charge in [-0.2, -0.15) is 5.10 Å². The second-order valence-corrected chi connectivity index (χ2v) is 6.50. The molecule has 0 aliphatic heterocycles. The molecule has 0 radical (unpaired) electrons. The van der Waals surface area contributed by atoms with Crippen LogP contribution in [-0.4, -0.2) is 16.3 Å². The quantitative estimate of drug-likeness (QED) is 0.748. The average molecular weight is 401 g/mol. The molecule has 3 nitrogen and oxygen atoms in total. The van der Waals surface area contributed by atoms with E-state index in [1.807, 2.05) is 11.6 Å². The van der Waals surface area contributed by atoms with Gasteiger partial charge in [0.1, 0.15) is 0 Å². The van der Waals surface area contributed by atoms with Crippen LogP contribution in [0.1, 0.15) is 30.3 Å². The summed E-state index contributed by atoms with van der Waals surface area (Å²) in [5, 5.41) is 7.98. The molecule has 0 bridgehead atoms. The Kier molecular flexibility index (Phi) is 5.41. The summed E-state index contributed by atoms with van der Waals surface area (Å²) in [5.41, 5.74) is 4.46. The highest BCUT2D eigenvalue weighted by Gasteiger charge is 2.11. The minimum atomic E-state index is 0.884. The number of halogens is 2. The average Bonchev–Trinajstić information content (AvgIpc) is 2.68. The summed E-state index contributed by atoms with van der Waals surface area (Å²) in [6.07, 6.45) is 1.15. The lowest BCUT2D eigenvalue weighted by Gasteiger charge is -2.10. The van der Waals surface area contributed by atoms with Crippen LogP contribution in [0.5, 0.6) is 0 Å². The summed E-state index contributed by atoms with van der Waals surface area (Å²) >= 11 is 7.22. The number of hydrogen-bond donors (Lipinski definition) is 1. The van der Waals surface area contributed by atoms with E-state index >= 15 is 0 Å². The molecular weight excluding hydrogens is 382 g/mol. The first-order valence-corrected chi connectivity index (χ1v) is 8.34. The number of benzene rings is 1. The number of rotatable bonds is 5. The van der Waals surface area contributed by atoms with Gasteiger partial charge in [-0.15, -0.1) is 0 Å². The van der Waals surface area contributed by atoms with Crippen LogP contribution >= 0.6 is 31.9 Å². The first-order chi connectivity index (χ1) is 9.54. The summed E-state index contributed by atoms with van der Waals surface area (Å²) in [6, 6.07) is 6.38. The Balaban J connectivity index is 2.26. The number of aromatic nitrogens is 2. The molecule has 20 heavy (non-hydrogen) atoms. The molecule has 2 aromatic rings. The van der Waals surface area contributed by atoms with Crippen LogP contribution in [0.15, 0.2) is 27.1 Å². The number of aryl methyl sites for hydroxylation is 1. The van der Waals surface area contributed by atoms with Gasteiger partial charge in [-0.05, 0) is 60.4 Å². The monoisotopic (exact) mass is 399 g/mol. The Morgan fingerprint density at radius 3 is 2.55 bits per heavy atom. The lowest BCUT2D eigenvalue weighted by atomic mass is 10.2. The molecule has 1 heterocycles. The van der Waals surface area contributed by atoms with E-state index in [0.29, 0.717) is 0 Å². The number of hydrogen-bond acceptors (Lipinski definition) is 2. The standard InChI is InChI=1S/C15H19Br2N3/c1-4-7-18-9-12-5-6-13(8-14(12)16)20-11(3)15(17)10(2)19-20/h5-6,8,18H,4,7,9H2,1-3H3. The fourth-order valence-electron chi connectivity index (χ4n) is 2.09. The van der Waals surface area contributed by atoms with Crippen molar-refractivity contribution in [2.24, 2.45) is 0 Å². The SMILES string of the molecule is CCCNCc1ccc(-n2nc(C)c(Br)c2C)cc1Br. The van der Waals surface area contributed by atoms with Gasteiger partial charge in [0.25, 0.3) is 0 Å². The van der Waals surface area contributed by atoms with Gasteiger partial charge in [-0.25, -0.2) is 4.68 Å². The van der Waals surface area contributed by atoms with Crippen molar-refractivity contribution in [3.63, 3.8) is 0 Å². The topological polar surface area (TPSA) is 29.9 Å². The molecule has 1 aromatic heterocycles. The van der Waals surface area contributed by atoms with Crippen LogP contribution in [0.4, 0.5) is 0 Å². The fraction of sp³-hybridized carbons (Fsp3) is 0.400. The highest BCUT2D eigenvalue weighted by molar-refractivity contribution is 9.10. The van der Waals surface area contributed by atoms with E-state index in [1.165, 1.54) is 5.56 Å². The van der Waals surface area contributed by atoms with Crippen LogP contribution in [0, 0.1) is 13.8 Å². The van der Waals surface area contributed by atoms with E-state index in [2.05, 4.69) is 74.3 Å². The molecular formula is C15H19Br2N3. The van der Waals surface area contributed by atoms with Crippen LogP contribution in [0.2, 0.25) is 0 Å². The van der Waals surface area contributed by atoms with E-state index in [0.717, 1.165) is 45.5 Å². The molecule has 0 unspecified atom stereocenters. The number of nitrogens with zero attached hydrogens (tertiary/aromatic N) is 2. The summed E-state index contributed by atoms with van der Waals surface area (Å²) in [7, 11) is 0. The second-order valence-electron chi connectivity index (χ2n) is 4.85. The third kappa shape index (κ3) is 3.32. The molecule has 108 valence electrons. The van der Waals surface area contributed by atoms with Gasteiger partial charge in [0, 0.05) is 11.0 Å². The third-order valence-electron chi connectivity index (χ3n) is 3.23. The molecule has 1 N–H and O–H groups in total. The molecule has 0 aliphatic rings. The Morgan fingerprint density at radius 1 is 1.25 bits per heavy atom. The molecule has 0 saturated carbocycles. The highest BCUT2D eigenvalue weighted by Crippen LogP contribution is 2.26. The minimum absolute atomic E-state index is 0.884. The zero-order chi connectivity index (χ0) is 14.7. The predicted molar refractivity (Wildman–Crippen MR) is 90.4 cm³/mol. The summed E-state index contributed by atoms with van der Waals surface area (Å²) in [4.78, 5) is 0. The van der Waals surface area contributed by atoms with E-state index in [1.54, 1.807) is 0 Å². The van der Waals surface area contributed by atoms with Crippen molar-refractivity contribution in [3.8, 4) is 5.69 Å². The molecule has 0 spiro atoms. The maximum atomic E-state index is 4.56. The van der Waals surface area contributed by atoms with Gasteiger partial charge < -0.3 is 5.32 Å². The normalized spacial score (nSPS) is 11.1. The largest absolute Gasteiger partial charge is 0.313 e. The summed E-state index contributed by atoms with van der Waals surface area (Å²) < 4.78 is 4.15. The Hall–Kier alpha value is -0.650. The molecule has 0 amide bonds. The fourth-order valence-corrected chi connectivity index (χ4v) is 2.84. The van der Waals surface area contributed by atoms with Crippen molar-refractivity contribution < 1.29 is 0 Å². The maximum Gasteiger partial charge on any atom is 0.0743 e. The van der Waals surface area contributed by atoms with Crippen molar-refractivity contribution in [2.45, 2.75) is 33.7 Å². The van der Waals surface area contributed by atoms with Crippen molar-refractivity contribution in [2.75, 3.05) is 6.54 Å². The van der Waals surface area contributed by atoms with Crippen molar-refractivity contribution in [3.05, 3.63) is 44.1 Å². The zero-order valence-corrected chi connectivity index (χ0v) is 15.2. The lowest BCUT2D eigenvalue weighted by Crippen LogP contribution is -2.14. The maximum absolute atomic E-state index is 4.56. The Bertz CT molecular complexity index is 605. The van der Waals surface area contributed by atoms with Gasteiger partial charge in [-0.1, -0.05) is 28.9 Å². The molecule has 0 saturated heterocycles. The van der Waals surface area contributed by atoms with Crippen molar-refractivity contribution >= 4 is 31.9 Å². The summed E-state index contributed by atoms with van der Waals surface area (Å²) in [5.74, 6) is 0. The molecule has 0 aliphatic carbocycles. The van der Waals surface area contributed by atoms with Gasteiger partial charge in [0.2, 0.25) is 0 Å². The van der Waals surface area contributed by atoms with Gasteiger partial charge >= 0.3 is 0 Å². The van der Waals surface area contributed by atoms with Crippen molar-refractivity contribution in [1.82, 2.24) is 15.1 Å². The molecule has 2 rings (SSSR count). The predicted octanol–water partition coefficient (Wildman–Crippen LogP) is 4.51. The van der Waals surface area contributed by atoms with Gasteiger partial charge in [-0.3, -0.25) is 0 Å². The van der Waals surface area contributed by atoms with E-state index < -0.39 is 0 Å². The Labute approximate surface area is 137 Å². The smallest absolute Gasteiger partial charge is 0.0743 e. The van der Waals surface area contributed by atoms with Gasteiger partial charge in [0.15, 0.2) is 0 Å². The summed E-state index contributed by atoms with van der Waals surface area (Å²) in [6.45, 7) is 8.17. The van der Waals surface area contributed by atoms with Crippen LogP contribution in [0.25, 0.3) is 5.69 Å². The van der Waals surface area contributed by atoms with Gasteiger partial charge in [0.05, 0.1) is 21.5 Å². The van der Waals surface area contributed by atoms with E-state index in [9.17, 15) is 0 Å². The van der Waals surface area contributed by atoms with E-state index in [4.69, 9.17) is 0 Å². The van der Waals surface area contributed by atoms with Crippen LogP contribution in [-0.2, 0) is 6.54 Å².